The number of anilines is 1. The number of hydrogen-bond acceptors (Lipinski definition) is 3. The van der Waals surface area contributed by atoms with Crippen LogP contribution >= 0.6 is 0 Å². The highest BCUT2D eigenvalue weighted by Crippen LogP contribution is 2.31. The van der Waals surface area contributed by atoms with Gasteiger partial charge in [-0.25, -0.2) is 4.68 Å². The lowest BCUT2D eigenvalue weighted by atomic mass is 10.1. The normalized spacial score (nSPS) is 11.3. The third-order valence-corrected chi connectivity index (χ3v) is 4.17. The minimum Gasteiger partial charge on any atom is -0.319 e. The zero-order valence-corrected chi connectivity index (χ0v) is 15.0. The highest BCUT2D eigenvalue weighted by atomic mass is 19.4. The van der Waals surface area contributed by atoms with Crippen LogP contribution in [0, 0.1) is 13.8 Å². The summed E-state index contributed by atoms with van der Waals surface area (Å²) in [6.07, 6.45) is -4.50. The van der Waals surface area contributed by atoms with Gasteiger partial charge in [0.2, 0.25) is 0 Å². The topological polar surface area (TPSA) is 64.0 Å². The van der Waals surface area contributed by atoms with Gasteiger partial charge in [-0.2, -0.15) is 18.3 Å². The summed E-state index contributed by atoms with van der Waals surface area (Å²) in [5.74, 6) is -1.65. The van der Waals surface area contributed by atoms with Crippen molar-refractivity contribution < 1.29 is 22.8 Å². The fourth-order valence-electron chi connectivity index (χ4n) is 2.86. The number of Topliss-reactive ketones (excluding diaryl/α,β-unsaturated/α-hetero) is 1. The summed E-state index contributed by atoms with van der Waals surface area (Å²) in [4.78, 5) is 24.9. The summed E-state index contributed by atoms with van der Waals surface area (Å²) in [5.41, 5.74) is 0.380. The van der Waals surface area contributed by atoms with Crippen molar-refractivity contribution in [2.45, 2.75) is 20.0 Å². The largest absolute Gasteiger partial charge is 0.416 e. The van der Waals surface area contributed by atoms with E-state index in [1.54, 1.807) is 30.3 Å². The maximum atomic E-state index is 13.0. The lowest BCUT2D eigenvalue weighted by Gasteiger charge is -2.10. The highest BCUT2D eigenvalue weighted by molar-refractivity contribution is 6.47. The molecule has 3 aromatic rings. The summed E-state index contributed by atoms with van der Waals surface area (Å²) in [5, 5.41) is 6.66. The number of aromatic nitrogens is 2. The Hall–Kier alpha value is -3.42. The van der Waals surface area contributed by atoms with E-state index in [-0.39, 0.29) is 22.6 Å². The molecule has 0 aliphatic heterocycles. The smallest absolute Gasteiger partial charge is 0.319 e. The average Bonchev–Trinajstić information content (AvgIpc) is 2.95. The van der Waals surface area contributed by atoms with Crippen molar-refractivity contribution in [3.63, 3.8) is 0 Å². The molecule has 0 aliphatic carbocycles. The number of halogens is 3. The first-order valence-electron chi connectivity index (χ1n) is 8.33. The third-order valence-electron chi connectivity index (χ3n) is 4.17. The number of nitrogens with zero attached hydrogens (tertiary/aromatic N) is 2. The SMILES string of the molecule is Cc1nn(-c2cccc(C(F)(F)F)c2)c(C)c1C(=O)C(=O)Nc1ccccc1. The molecule has 0 fully saturated rings. The maximum Gasteiger partial charge on any atom is 0.416 e. The van der Waals surface area contributed by atoms with Crippen molar-refractivity contribution in [3.8, 4) is 5.69 Å². The number of aryl methyl sites for hydroxylation is 1. The number of alkyl halides is 3. The highest BCUT2D eigenvalue weighted by Gasteiger charge is 2.31. The fraction of sp³-hybridized carbons (Fsp3) is 0.150. The molecule has 1 N–H and O–H groups in total. The van der Waals surface area contributed by atoms with Crippen molar-refractivity contribution in [3.05, 3.63) is 77.1 Å². The number of amides is 1. The molecular weight excluding hydrogens is 371 g/mol. The first kappa shape index (κ1) is 19.3. The van der Waals surface area contributed by atoms with E-state index in [0.29, 0.717) is 5.69 Å². The molecule has 0 radical (unpaired) electrons. The van der Waals surface area contributed by atoms with Crippen LogP contribution in [0.15, 0.2) is 54.6 Å². The van der Waals surface area contributed by atoms with E-state index in [4.69, 9.17) is 0 Å². The second-order valence-corrected chi connectivity index (χ2v) is 6.15. The lowest BCUT2D eigenvalue weighted by molar-refractivity contribution is -0.137. The minimum atomic E-state index is -4.50. The fourth-order valence-corrected chi connectivity index (χ4v) is 2.86. The second-order valence-electron chi connectivity index (χ2n) is 6.15. The van der Waals surface area contributed by atoms with Gasteiger partial charge in [0, 0.05) is 5.69 Å². The number of rotatable bonds is 4. The van der Waals surface area contributed by atoms with Crippen LogP contribution in [0.4, 0.5) is 18.9 Å². The Labute approximate surface area is 158 Å². The Morgan fingerprint density at radius 3 is 2.32 bits per heavy atom. The van der Waals surface area contributed by atoms with Crippen LogP contribution in [0.1, 0.15) is 27.3 Å². The van der Waals surface area contributed by atoms with Gasteiger partial charge >= 0.3 is 6.18 Å². The summed E-state index contributed by atoms with van der Waals surface area (Å²) >= 11 is 0. The van der Waals surface area contributed by atoms with Gasteiger partial charge in [-0.3, -0.25) is 9.59 Å². The van der Waals surface area contributed by atoms with Gasteiger partial charge in [0.1, 0.15) is 0 Å². The van der Waals surface area contributed by atoms with E-state index >= 15 is 0 Å². The molecule has 8 heteroatoms. The molecule has 3 rings (SSSR count). The Bertz CT molecular complexity index is 1040. The molecule has 0 saturated heterocycles. The van der Waals surface area contributed by atoms with Gasteiger partial charge in [0.25, 0.3) is 11.7 Å². The molecular formula is C20H16F3N3O2. The Morgan fingerprint density at radius 1 is 1.00 bits per heavy atom. The zero-order chi connectivity index (χ0) is 20.5. The molecule has 0 spiro atoms. The predicted octanol–water partition coefficient (Wildman–Crippen LogP) is 4.33. The van der Waals surface area contributed by atoms with E-state index in [9.17, 15) is 22.8 Å². The van der Waals surface area contributed by atoms with E-state index in [0.717, 1.165) is 12.1 Å². The molecule has 2 aromatic carbocycles. The van der Waals surface area contributed by atoms with Crippen molar-refractivity contribution in [1.82, 2.24) is 9.78 Å². The summed E-state index contributed by atoms with van der Waals surface area (Å²) in [6, 6.07) is 13.1. The predicted molar refractivity (Wildman–Crippen MR) is 97.4 cm³/mol. The second kappa shape index (κ2) is 7.30. The molecule has 5 nitrogen and oxygen atoms in total. The quantitative estimate of drug-likeness (QED) is 0.535. The van der Waals surface area contributed by atoms with Crippen molar-refractivity contribution in [2.75, 3.05) is 5.32 Å². The molecule has 28 heavy (non-hydrogen) atoms. The van der Waals surface area contributed by atoms with E-state index in [1.165, 1.54) is 30.7 Å². The third kappa shape index (κ3) is 3.80. The first-order valence-corrected chi connectivity index (χ1v) is 8.33. The summed E-state index contributed by atoms with van der Waals surface area (Å²) in [6.45, 7) is 3.06. The summed E-state index contributed by atoms with van der Waals surface area (Å²) in [7, 11) is 0. The first-order chi connectivity index (χ1) is 13.2. The van der Waals surface area contributed by atoms with E-state index < -0.39 is 23.4 Å². The standard InChI is InChI=1S/C20H16F3N3O2/c1-12-17(18(27)19(28)24-15-8-4-3-5-9-15)13(2)26(25-12)16-10-6-7-14(11-16)20(21,22)23/h3-11H,1-2H3,(H,24,28). The van der Waals surface area contributed by atoms with Gasteiger partial charge in [-0.05, 0) is 44.2 Å². The number of para-hydroxylation sites is 1. The monoisotopic (exact) mass is 387 g/mol. The van der Waals surface area contributed by atoms with Crippen LogP contribution in [0.25, 0.3) is 5.69 Å². The molecule has 1 heterocycles. The Kier molecular flexibility index (Phi) is 5.04. The number of benzene rings is 2. The van der Waals surface area contributed by atoms with Gasteiger partial charge in [0.05, 0.1) is 28.2 Å². The van der Waals surface area contributed by atoms with Gasteiger partial charge in [-0.1, -0.05) is 24.3 Å². The molecule has 1 aromatic heterocycles. The van der Waals surface area contributed by atoms with Crippen LogP contribution in [0.5, 0.6) is 0 Å². The number of carbonyl (C=O) groups is 2. The molecule has 1 amide bonds. The lowest BCUT2D eigenvalue weighted by Crippen LogP contribution is -2.24. The van der Waals surface area contributed by atoms with Crippen LogP contribution in [-0.2, 0) is 11.0 Å². The van der Waals surface area contributed by atoms with E-state index in [2.05, 4.69) is 10.4 Å². The number of carbonyl (C=O) groups excluding carboxylic acids is 2. The van der Waals surface area contributed by atoms with Crippen molar-refractivity contribution in [1.29, 1.82) is 0 Å². The zero-order valence-electron chi connectivity index (χ0n) is 15.0. The van der Waals surface area contributed by atoms with Crippen LogP contribution in [0.2, 0.25) is 0 Å². The molecule has 0 saturated carbocycles. The number of hydrogen-bond donors (Lipinski definition) is 1. The summed E-state index contributed by atoms with van der Waals surface area (Å²) < 4.78 is 40.1. The van der Waals surface area contributed by atoms with Crippen molar-refractivity contribution in [2.24, 2.45) is 0 Å². The van der Waals surface area contributed by atoms with Crippen LogP contribution < -0.4 is 5.32 Å². The molecule has 0 atom stereocenters. The van der Waals surface area contributed by atoms with Crippen molar-refractivity contribution >= 4 is 17.4 Å². The number of ketones is 1. The van der Waals surface area contributed by atoms with Crippen LogP contribution in [-0.4, -0.2) is 21.5 Å². The number of nitrogens with one attached hydrogen (secondary N) is 1. The van der Waals surface area contributed by atoms with E-state index in [1.807, 2.05) is 0 Å². The molecule has 0 unspecified atom stereocenters. The average molecular weight is 387 g/mol. The molecule has 144 valence electrons. The molecule has 0 bridgehead atoms. The van der Waals surface area contributed by atoms with Gasteiger partial charge in [-0.15, -0.1) is 0 Å². The Morgan fingerprint density at radius 2 is 1.68 bits per heavy atom. The maximum absolute atomic E-state index is 13.0. The van der Waals surface area contributed by atoms with Crippen LogP contribution in [0.3, 0.4) is 0 Å². The van der Waals surface area contributed by atoms with Gasteiger partial charge < -0.3 is 5.32 Å². The Balaban J connectivity index is 1.94. The minimum absolute atomic E-state index is 0.0610. The molecule has 0 aliphatic rings. The van der Waals surface area contributed by atoms with Gasteiger partial charge in [0.15, 0.2) is 0 Å².